The second kappa shape index (κ2) is 57.9. The van der Waals surface area contributed by atoms with E-state index in [1.165, 1.54) is 96.3 Å². The van der Waals surface area contributed by atoms with Crippen LogP contribution in [0.25, 0.3) is 0 Å². The summed E-state index contributed by atoms with van der Waals surface area (Å²) in [4.78, 5) is 40.0. The minimum Gasteiger partial charge on any atom is -0.756 e. The molecule has 0 aliphatic rings. The van der Waals surface area contributed by atoms with Crippen molar-refractivity contribution in [2.45, 2.75) is 277 Å². The van der Waals surface area contributed by atoms with E-state index in [0.717, 1.165) is 128 Å². The van der Waals surface area contributed by atoms with E-state index in [1.807, 2.05) is 33.3 Å². The summed E-state index contributed by atoms with van der Waals surface area (Å²) in [6, 6.07) is -0.908. The summed E-state index contributed by atoms with van der Waals surface area (Å²) in [6.45, 7) is 6.67. The Bertz CT molecular complexity index is 1720. The fourth-order valence-electron chi connectivity index (χ4n) is 8.73. The molecule has 0 bridgehead atoms. The molecule has 0 aromatic carbocycles. The van der Waals surface area contributed by atoms with Crippen molar-refractivity contribution in [3.05, 3.63) is 109 Å². The zero-order valence-corrected chi connectivity index (χ0v) is 52.7. The lowest BCUT2D eigenvalue weighted by Crippen LogP contribution is -2.47. The van der Waals surface area contributed by atoms with Gasteiger partial charge in [0.2, 0.25) is 5.91 Å². The molecule has 0 rings (SSSR count). The number of amides is 1. The average molecular weight is 1120 g/mol. The van der Waals surface area contributed by atoms with Crippen molar-refractivity contribution < 1.29 is 37.3 Å². The minimum absolute atomic E-state index is 0.0327. The fourth-order valence-corrected chi connectivity index (χ4v) is 9.45. The first-order valence-corrected chi connectivity index (χ1v) is 33.7. The number of hydrogen-bond donors (Lipinski definition) is 1. The number of ether oxygens (including phenoxy) is 1. The van der Waals surface area contributed by atoms with Crippen LogP contribution in [0.2, 0.25) is 0 Å². The van der Waals surface area contributed by atoms with Gasteiger partial charge in [0, 0.05) is 12.8 Å². The van der Waals surface area contributed by atoms with Gasteiger partial charge in [-0.05, 0) is 115 Å². The van der Waals surface area contributed by atoms with E-state index in [-0.39, 0.29) is 24.9 Å². The molecule has 3 unspecified atom stereocenters. The van der Waals surface area contributed by atoms with Crippen molar-refractivity contribution in [2.24, 2.45) is 0 Å². The van der Waals surface area contributed by atoms with Crippen LogP contribution in [0.4, 0.5) is 0 Å². The second-order valence-electron chi connectivity index (χ2n) is 22.5. The van der Waals surface area contributed by atoms with Gasteiger partial charge >= 0.3 is 5.97 Å². The van der Waals surface area contributed by atoms with Crippen LogP contribution in [0.15, 0.2) is 109 Å². The van der Waals surface area contributed by atoms with Crippen molar-refractivity contribution in [3.63, 3.8) is 0 Å². The third-order valence-corrected chi connectivity index (χ3v) is 14.7. The Balaban J connectivity index is 5.23. The molecular formula is C69H121N2O7P. The van der Waals surface area contributed by atoms with E-state index >= 15 is 0 Å². The lowest BCUT2D eigenvalue weighted by molar-refractivity contribution is -0.870. The first-order chi connectivity index (χ1) is 38.4. The highest BCUT2D eigenvalue weighted by atomic mass is 31.2. The number of allylic oxidation sites excluding steroid dienone is 17. The maximum absolute atomic E-state index is 13.5. The number of nitrogens with one attached hydrogen (secondary N) is 1. The van der Waals surface area contributed by atoms with E-state index < -0.39 is 26.6 Å². The standard InChI is InChI=1S/C69H121N2O7P/c1-7-10-13-16-19-22-25-27-29-31-33-35-37-39-41-43-46-49-52-55-58-61-68(72)70-66(65-77-79(74,75)76-64-63-71(4,5)6)67(60-57-54-51-48-45-24-21-18-15-12-9-3)78-69(73)62-59-56-53-50-47-44-42-40-38-36-34-32-30-28-26-23-20-17-14-11-8-2/h11,14,19-20,22-23,27-30,33-36,40,42,57,60,66-67H,7-10,12-13,15-18,21,24-26,31-32,37-39,41,43-56,58-59,61-65H2,1-6H3,(H-,70,72,74,75)/b14-11-,22-19-,23-20-,29-27-,30-28-,35-33-,36-34-,42-40-,60-57+. The summed E-state index contributed by atoms with van der Waals surface area (Å²) in [7, 11) is 1.15. The summed E-state index contributed by atoms with van der Waals surface area (Å²) in [6.07, 6.45) is 79.1. The molecule has 0 radical (unpaired) electrons. The number of phosphoric acid groups is 1. The number of nitrogens with zero attached hydrogens (tertiary/aromatic N) is 1. The predicted octanol–water partition coefficient (Wildman–Crippen LogP) is 19.5. The molecule has 0 heterocycles. The topological polar surface area (TPSA) is 114 Å². The van der Waals surface area contributed by atoms with E-state index in [1.54, 1.807) is 0 Å². The normalized spacial score (nSPS) is 14.4. The van der Waals surface area contributed by atoms with Crippen LogP contribution in [-0.2, 0) is 27.9 Å². The van der Waals surface area contributed by atoms with Gasteiger partial charge in [0.15, 0.2) is 0 Å². The van der Waals surface area contributed by atoms with E-state index in [9.17, 15) is 19.0 Å². The first kappa shape index (κ1) is 75.7. The Hall–Kier alpha value is -3.33. The van der Waals surface area contributed by atoms with Gasteiger partial charge in [-0.2, -0.15) is 0 Å². The molecule has 0 aliphatic carbocycles. The largest absolute Gasteiger partial charge is 0.756 e. The molecule has 0 fully saturated rings. The smallest absolute Gasteiger partial charge is 0.306 e. The second-order valence-corrected chi connectivity index (χ2v) is 23.9. The number of quaternary nitrogens is 1. The molecule has 9 nitrogen and oxygen atoms in total. The summed E-state index contributed by atoms with van der Waals surface area (Å²) >= 11 is 0. The molecule has 0 aliphatic heterocycles. The highest BCUT2D eigenvalue weighted by Gasteiger charge is 2.27. The molecule has 454 valence electrons. The van der Waals surface area contributed by atoms with Gasteiger partial charge in [-0.25, -0.2) is 0 Å². The van der Waals surface area contributed by atoms with Crippen LogP contribution in [0.3, 0.4) is 0 Å². The third kappa shape index (κ3) is 59.1. The van der Waals surface area contributed by atoms with Gasteiger partial charge < -0.3 is 28.5 Å². The summed E-state index contributed by atoms with van der Waals surface area (Å²) in [5.41, 5.74) is 0. The van der Waals surface area contributed by atoms with Gasteiger partial charge in [-0.15, -0.1) is 0 Å². The number of rotatable bonds is 57. The zero-order valence-electron chi connectivity index (χ0n) is 51.8. The van der Waals surface area contributed by atoms with E-state index in [2.05, 4.69) is 123 Å². The lowest BCUT2D eigenvalue weighted by atomic mass is 10.0. The number of unbranched alkanes of at least 4 members (excludes halogenated alkanes) is 25. The summed E-state index contributed by atoms with van der Waals surface area (Å²) in [5, 5.41) is 3.02. The van der Waals surface area contributed by atoms with Crippen molar-refractivity contribution in [3.8, 4) is 0 Å². The molecule has 0 aromatic heterocycles. The number of carbonyl (C=O) groups excluding carboxylic acids is 2. The van der Waals surface area contributed by atoms with Gasteiger partial charge in [0.1, 0.15) is 19.3 Å². The Kier molecular flexibility index (Phi) is 55.4. The first-order valence-electron chi connectivity index (χ1n) is 32.2. The predicted molar refractivity (Wildman–Crippen MR) is 339 cm³/mol. The van der Waals surface area contributed by atoms with E-state index in [0.29, 0.717) is 23.9 Å². The van der Waals surface area contributed by atoms with Crippen LogP contribution in [0.5, 0.6) is 0 Å². The molecule has 1 N–H and O–H groups in total. The summed E-state index contributed by atoms with van der Waals surface area (Å²) < 4.78 is 30.3. The number of esters is 1. The van der Waals surface area contributed by atoms with Crippen molar-refractivity contribution in [1.82, 2.24) is 5.32 Å². The highest BCUT2D eigenvalue weighted by molar-refractivity contribution is 7.45. The van der Waals surface area contributed by atoms with Crippen LogP contribution < -0.4 is 10.2 Å². The molecule has 10 heteroatoms. The molecule has 1 amide bonds. The van der Waals surface area contributed by atoms with Crippen LogP contribution in [0, 0.1) is 0 Å². The van der Waals surface area contributed by atoms with Crippen LogP contribution in [0.1, 0.15) is 265 Å². The maximum Gasteiger partial charge on any atom is 0.306 e. The quantitative estimate of drug-likeness (QED) is 0.0212. The Morgan fingerprint density at radius 1 is 0.456 bits per heavy atom. The molecule has 0 saturated heterocycles. The Morgan fingerprint density at radius 2 is 0.810 bits per heavy atom. The van der Waals surface area contributed by atoms with Gasteiger partial charge in [-0.3, -0.25) is 14.2 Å². The fraction of sp³-hybridized carbons (Fsp3) is 0.710. The van der Waals surface area contributed by atoms with E-state index in [4.69, 9.17) is 13.8 Å². The van der Waals surface area contributed by atoms with Gasteiger partial charge in [0.25, 0.3) is 7.82 Å². The van der Waals surface area contributed by atoms with Crippen LogP contribution in [-0.4, -0.2) is 69.4 Å². The number of hydrogen-bond acceptors (Lipinski definition) is 7. The Labute approximate surface area is 487 Å². The molecular weight excluding hydrogens is 1000 g/mol. The SMILES string of the molecule is CC/C=C\C/C=C\C/C=C\C/C=C\C/C=C\CCCCCCCC(=O)OC(/C=C/CCCCCCCCCCC)C(COP(=O)([O-])OCC[N+](C)(C)C)NC(=O)CCCCCCCCCC/C=C\C/C=C\C/C=C\CCCCC. The lowest BCUT2D eigenvalue weighted by Gasteiger charge is -2.30. The maximum atomic E-state index is 13.5. The molecule has 0 spiro atoms. The molecule has 0 saturated carbocycles. The minimum atomic E-state index is -4.71. The van der Waals surface area contributed by atoms with Gasteiger partial charge in [-0.1, -0.05) is 246 Å². The third-order valence-electron chi connectivity index (χ3n) is 13.7. The van der Waals surface area contributed by atoms with Crippen LogP contribution >= 0.6 is 7.82 Å². The monoisotopic (exact) mass is 1120 g/mol. The zero-order chi connectivity index (χ0) is 57.9. The van der Waals surface area contributed by atoms with Crippen molar-refractivity contribution in [1.29, 1.82) is 0 Å². The van der Waals surface area contributed by atoms with Crippen molar-refractivity contribution in [2.75, 3.05) is 40.9 Å². The Morgan fingerprint density at radius 3 is 1.24 bits per heavy atom. The number of likely N-dealkylation sites (N-methyl/N-ethyl adjacent to an activating group) is 1. The highest BCUT2D eigenvalue weighted by Crippen LogP contribution is 2.38. The number of carbonyl (C=O) groups is 2. The molecule has 0 aromatic rings. The summed E-state index contributed by atoms with van der Waals surface area (Å²) in [5.74, 6) is -0.576. The van der Waals surface area contributed by atoms with Gasteiger partial charge in [0.05, 0.1) is 33.8 Å². The average Bonchev–Trinajstić information content (AvgIpc) is 3.41. The molecule has 3 atom stereocenters. The molecule has 79 heavy (non-hydrogen) atoms. The number of phosphoric ester groups is 1. The van der Waals surface area contributed by atoms with Crippen molar-refractivity contribution >= 4 is 19.7 Å².